The van der Waals surface area contributed by atoms with Gasteiger partial charge in [0.2, 0.25) is 0 Å². The lowest BCUT2D eigenvalue weighted by Crippen LogP contribution is -2.44. The molecule has 0 saturated heterocycles. The molecular formula is C6H10O6. The molecule has 0 saturated carbocycles. The highest BCUT2D eigenvalue weighted by molar-refractivity contribution is 5.16. The van der Waals surface area contributed by atoms with E-state index < -0.39 is 30.9 Å². The molecule has 6 nitrogen and oxygen atoms in total. The summed E-state index contributed by atoms with van der Waals surface area (Å²) in [5, 5.41) is 44.4. The molecule has 1 heterocycles. The van der Waals surface area contributed by atoms with Crippen LogP contribution in [-0.4, -0.2) is 50.6 Å². The number of hydrogen-bond donors (Lipinski definition) is 5. The average molecular weight is 178 g/mol. The van der Waals surface area contributed by atoms with Crippen LogP contribution in [0.4, 0.5) is 0 Å². The zero-order chi connectivity index (χ0) is 9.35. The van der Waals surface area contributed by atoms with Crippen molar-refractivity contribution in [1.82, 2.24) is 0 Å². The van der Waals surface area contributed by atoms with Crippen LogP contribution in [0.1, 0.15) is 0 Å². The summed E-state index contributed by atoms with van der Waals surface area (Å²) in [4.78, 5) is 0. The molecule has 0 unspecified atom stereocenters. The van der Waals surface area contributed by atoms with Crippen molar-refractivity contribution in [2.45, 2.75) is 11.9 Å². The van der Waals surface area contributed by atoms with E-state index in [-0.39, 0.29) is 5.76 Å². The van der Waals surface area contributed by atoms with E-state index in [4.69, 9.17) is 20.4 Å². The second-order valence-corrected chi connectivity index (χ2v) is 2.47. The molecule has 1 aliphatic heterocycles. The summed E-state index contributed by atoms with van der Waals surface area (Å²) >= 11 is 0. The van der Waals surface area contributed by atoms with Crippen LogP contribution < -0.4 is 0 Å². The van der Waals surface area contributed by atoms with Crippen LogP contribution in [0.3, 0.4) is 0 Å². The summed E-state index contributed by atoms with van der Waals surface area (Å²) in [6.45, 7) is -1.52. The van der Waals surface area contributed by atoms with Crippen LogP contribution in [0, 0.1) is 0 Å². The smallest absolute Gasteiger partial charge is 0.264 e. The Hall–Kier alpha value is -0.820. The van der Waals surface area contributed by atoms with E-state index >= 15 is 0 Å². The minimum absolute atomic E-state index is 0.334. The number of rotatable bonds is 2. The summed E-state index contributed by atoms with van der Waals surface area (Å²) in [6, 6.07) is 0. The lowest BCUT2D eigenvalue weighted by Gasteiger charge is -2.23. The minimum Gasteiger partial charge on any atom is -0.506 e. The van der Waals surface area contributed by atoms with E-state index in [1.807, 2.05) is 0 Å². The van der Waals surface area contributed by atoms with Gasteiger partial charge in [-0.1, -0.05) is 0 Å². The molecule has 0 fully saturated rings. The van der Waals surface area contributed by atoms with Crippen LogP contribution in [0.5, 0.6) is 0 Å². The van der Waals surface area contributed by atoms with Crippen LogP contribution in [-0.2, 0) is 4.74 Å². The number of ether oxygens (including phenoxy) is 1. The van der Waals surface area contributed by atoms with Crippen molar-refractivity contribution in [3.63, 3.8) is 0 Å². The Bertz CT molecular complexity index is 212. The van der Waals surface area contributed by atoms with Crippen molar-refractivity contribution in [2.75, 3.05) is 13.2 Å². The maximum atomic E-state index is 9.21. The van der Waals surface area contributed by atoms with Gasteiger partial charge in [0.15, 0.2) is 17.6 Å². The van der Waals surface area contributed by atoms with Crippen molar-refractivity contribution in [1.29, 1.82) is 0 Å². The Morgan fingerprint density at radius 3 is 2.25 bits per heavy atom. The summed E-state index contributed by atoms with van der Waals surface area (Å²) in [6.07, 6.45) is -1.72. The monoisotopic (exact) mass is 178 g/mol. The molecule has 5 N–H and O–H groups in total. The van der Waals surface area contributed by atoms with Gasteiger partial charge in [-0.3, -0.25) is 0 Å². The zero-order valence-electron chi connectivity index (χ0n) is 6.14. The van der Waals surface area contributed by atoms with Crippen molar-refractivity contribution in [3.05, 3.63) is 11.5 Å². The number of aliphatic hydroxyl groups is 5. The molecule has 0 aliphatic carbocycles. The Morgan fingerprint density at radius 1 is 1.42 bits per heavy atom. The largest absolute Gasteiger partial charge is 0.506 e. The highest BCUT2D eigenvalue weighted by Gasteiger charge is 2.48. The first-order valence-electron chi connectivity index (χ1n) is 3.28. The van der Waals surface area contributed by atoms with Crippen molar-refractivity contribution in [2.24, 2.45) is 0 Å². The quantitative estimate of drug-likeness (QED) is 0.329. The van der Waals surface area contributed by atoms with Gasteiger partial charge in [-0.2, -0.15) is 0 Å². The number of aliphatic hydroxyl groups excluding tert-OH is 4. The summed E-state index contributed by atoms with van der Waals surface area (Å²) in [5.41, 5.74) is 0. The second-order valence-electron chi connectivity index (χ2n) is 2.47. The van der Waals surface area contributed by atoms with Gasteiger partial charge in [-0.15, -0.1) is 0 Å². The van der Waals surface area contributed by atoms with Gasteiger partial charge in [-0.05, 0) is 0 Å². The molecule has 0 bridgehead atoms. The van der Waals surface area contributed by atoms with Gasteiger partial charge >= 0.3 is 0 Å². The topological polar surface area (TPSA) is 110 Å². The van der Waals surface area contributed by atoms with Gasteiger partial charge < -0.3 is 30.3 Å². The maximum absolute atomic E-state index is 9.21. The highest BCUT2D eigenvalue weighted by atomic mass is 16.7. The van der Waals surface area contributed by atoms with Gasteiger partial charge in [0, 0.05) is 0 Å². The normalized spacial score (nSPS) is 35.5. The Morgan fingerprint density at radius 2 is 2.00 bits per heavy atom. The molecule has 0 spiro atoms. The first-order valence-corrected chi connectivity index (χ1v) is 3.28. The second kappa shape index (κ2) is 2.91. The van der Waals surface area contributed by atoms with E-state index in [1.165, 1.54) is 0 Å². The van der Waals surface area contributed by atoms with Crippen molar-refractivity contribution >= 4 is 0 Å². The molecule has 0 amide bonds. The first-order chi connectivity index (χ1) is 5.55. The minimum atomic E-state index is -2.23. The third-order valence-electron chi connectivity index (χ3n) is 1.64. The first kappa shape index (κ1) is 9.27. The van der Waals surface area contributed by atoms with Gasteiger partial charge in [0.25, 0.3) is 5.79 Å². The van der Waals surface area contributed by atoms with Gasteiger partial charge in [-0.25, -0.2) is 0 Å². The third-order valence-corrected chi connectivity index (χ3v) is 1.64. The molecule has 0 aromatic heterocycles. The average Bonchev–Trinajstić information content (AvgIpc) is 2.31. The Labute approximate surface area is 68.0 Å². The predicted molar refractivity (Wildman–Crippen MR) is 35.9 cm³/mol. The molecular weight excluding hydrogens is 168 g/mol. The molecule has 1 rings (SSSR count). The SMILES string of the molecule is OCC1=C(O)[C@H](O)[C@@](O)(CO)O1. The fourth-order valence-corrected chi connectivity index (χ4v) is 0.920. The van der Waals surface area contributed by atoms with E-state index in [9.17, 15) is 5.11 Å². The highest BCUT2D eigenvalue weighted by Crippen LogP contribution is 2.30. The van der Waals surface area contributed by atoms with Crippen molar-refractivity contribution < 1.29 is 30.3 Å². The lowest BCUT2D eigenvalue weighted by atomic mass is 10.1. The molecule has 12 heavy (non-hydrogen) atoms. The molecule has 0 aromatic carbocycles. The van der Waals surface area contributed by atoms with Crippen LogP contribution in [0.15, 0.2) is 11.5 Å². The molecule has 0 aromatic rings. The summed E-state index contributed by atoms with van der Waals surface area (Å²) in [5.74, 6) is -3.23. The van der Waals surface area contributed by atoms with E-state index in [2.05, 4.69) is 4.74 Å². The molecule has 70 valence electrons. The summed E-state index contributed by atoms with van der Waals surface area (Å²) in [7, 11) is 0. The fourth-order valence-electron chi connectivity index (χ4n) is 0.920. The molecule has 1 aliphatic rings. The van der Waals surface area contributed by atoms with Gasteiger partial charge in [0.05, 0.1) is 0 Å². The Balaban J connectivity index is 2.85. The molecule has 2 atom stereocenters. The standard InChI is InChI=1S/C6H10O6/c7-1-3-4(9)5(10)6(11,2-8)12-3/h5,7-11H,1-2H2/t5-,6+/m0/s1. The molecule has 0 radical (unpaired) electrons. The number of hydrogen-bond acceptors (Lipinski definition) is 6. The van der Waals surface area contributed by atoms with Crippen LogP contribution >= 0.6 is 0 Å². The van der Waals surface area contributed by atoms with E-state index in [1.54, 1.807) is 0 Å². The van der Waals surface area contributed by atoms with E-state index in [0.29, 0.717) is 0 Å². The van der Waals surface area contributed by atoms with Gasteiger partial charge in [0.1, 0.15) is 13.2 Å². The maximum Gasteiger partial charge on any atom is 0.264 e. The summed E-state index contributed by atoms with van der Waals surface area (Å²) < 4.78 is 4.51. The van der Waals surface area contributed by atoms with Crippen LogP contribution in [0.25, 0.3) is 0 Å². The third kappa shape index (κ3) is 1.14. The fraction of sp³-hybridized carbons (Fsp3) is 0.667. The lowest BCUT2D eigenvalue weighted by molar-refractivity contribution is -0.231. The van der Waals surface area contributed by atoms with Crippen molar-refractivity contribution in [3.8, 4) is 0 Å². The predicted octanol–water partition coefficient (Wildman–Crippen LogP) is -2.18. The van der Waals surface area contributed by atoms with E-state index in [0.717, 1.165) is 0 Å². The van der Waals surface area contributed by atoms with Crippen LogP contribution in [0.2, 0.25) is 0 Å². The molecule has 6 heteroatoms. The Kier molecular flexibility index (Phi) is 2.25. The zero-order valence-corrected chi connectivity index (χ0v) is 6.14.